The first-order valence-corrected chi connectivity index (χ1v) is 4.57. The molecule has 7 nitrogen and oxygen atoms in total. The van der Waals surface area contributed by atoms with Gasteiger partial charge in [0, 0.05) is 0 Å². The van der Waals surface area contributed by atoms with Crippen molar-refractivity contribution in [1.82, 2.24) is 0 Å². The molecule has 0 aromatic carbocycles. The molecule has 5 N–H and O–H groups in total. The van der Waals surface area contributed by atoms with Gasteiger partial charge < -0.3 is 24.7 Å². The summed E-state index contributed by atoms with van der Waals surface area (Å²) in [4.78, 5) is 28.6. The van der Waals surface area contributed by atoms with E-state index in [-0.39, 0.29) is 0 Å². The Balaban J connectivity index is -0.0000000886. The van der Waals surface area contributed by atoms with Gasteiger partial charge in [-0.15, -0.1) is 0 Å². The zero-order valence-electron chi connectivity index (χ0n) is 5.34. The fourth-order valence-corrected chi connectivity index (χ4v) is 0. The van der Waals surface area contributed by atoms with E-state index >= 15 is 0 Å². The van der Waals surface area contributed by atoms with Crippen molar-refractivity contribution in [3.05, 3.63) is 12.8 Å². The summed E-state index contributed by atoms with van der Waals surface area (Å²) in [6.07, 6.45) is 0.750. The average Bonchev–Trinajstić information content (AvgIpc) is 1.60. The molecule has 0 spiro atoms. The van der Waals surface area contributed by atoms with Gasteiger partial charge in [-0.1, -0.05) is 6.58 Å². The van der Waals surface area contributed by atoms with Crippen LogP contribution in [0, 0.1) is 0 Å². The van der Waals surface area contributed by atoms with Crippen molar-refractivity contribution in [3.8, 4) is 0 Å². The Bertz CT molecular complexity index is 102. The van der Waals surface area contributed by atoms with Crippen LogP contribution in [-0.4, -0.2) is 24.7 Å². The van der Waals surface area contributed by atoms with E-state index in [4.69, 9.17) is 33.8 Å². The molecule has 0 saturated heterocycles. The van der Waals surface area contributed by atoms with Crippen LogP contribution in [0.3, 0.4) is 0 Å². The SMILES string of the molecule is C=CO.O=[PH](O)O.O=[PH](O)O. The maximum Gasteiger partial charge on any atom is 0.314 e. The molecule has 70 valence electrons. The van der Waals surface area contributed by atoms with Gasteiger partial charge in [0.05, 0.1) is 6.26 Å². The summed E-state index contributed by atoms with van der Waals surface area (Å²) in [6.45, 7) is 2.92. The zero-order chi connectivity index (χ0) is 9.86. The van der Waals surface area contributed by atoms with E-state index in [1.807, 2.05) is 0 Å². The quantitative estimate of drug-likeness (QED) is 0.265. The predicted octanol–water partition coefficient (Wildman–Crippen LogP) is -0.591. The minimum Gasteiger partial charge on any atom is -0.516 e. The summed E-state index contributed by atoms with van der Waals surface area (Å²) in [6, 6.07) is 0. The number of rotatable bonds is 0. The van der Waals surface area contributed by atoms with Crippen molar-refractivity contribution in [1.29, 1.82) is 0 Å². The second-order valence-corrected chi connectivity index (χ2v) is 1.88. The molecule has 0 aliphatic carbocycles. The van der Waals surface area contributed by atoms with Crippen LogP contribution >= 0.6 is 16.5 Å². The highest BCUT2D eigenvalue weighted by Crippen LogP contribution is 1.98. The van der Waals surface area contributed by atoms with Gasteiger partial charge in [-0.05, 0) is 0 Å². The largest absolute Gasteiger partial charge is 0.516 e. The topological polar surface area (TPSA) is 135 Å². The molecule has 0 unspecified atom stereocenters. The van der Waals surface area contributed by atoms with Crippen LogP contribution < -0.4 is 0 Å². The lowest BCUT2D eigenvalue weighted by Gasteiger charge is -1.61. The number of aliphatic hydroxyl groups excluding tert-OH is 1. The third kappa shape index (κ3) is 23600. The molecule has 11 heavy (non-hydrogen) atoms. The van der Waals surface area contributed by atoms with Crippen LogP contribution in [0.1, 0.15) is 0 Å². The standard InChI is InChI=1S/C2H4O.2H3O3P/c1-2-3;2*1-4(2)3/h2-3H,1H2;2*4H,(H2,1,2,3). The van der Waals surface area contributed by atoms with Gasteiger partial charge in [0.2, 0.25) is 0 Å². The van der Waals surface area contributed by atoms with Crippen LogP contribution in [0.15, 0.2) is 12.8 Å². The molecule has 0 aliphatic rings. The Morgan fingerprint density at radius 1 is 1.00 bits per heavy atom. The van der Waals surface area contributed by atoms with Gasteiger partial charge in [-0.3, -0.25) is 9.13 Å². The van der Waals surface area contributed by atoms with E-state index < -0.39 is 16.5 Å². The molecule has 0 atom stereocenters. The van der Waals surface area contributed by atoms with Crippen LogP contribution in [0.4, 0.5) is 0 Å². The first kappa shape index (κ1) is 17.1. The number of hydrogen-bond donors (Lipinski definition) is 5. The van der Waals surface area contributed by atoms with Gasteiger partial charge in [0.25, 0.3) is 0 Å². The fourth-order valence-electron chi connectivity index (χ4n) is 0. The van der Waals surface area contributed by atoms with Gasteiger partial charge >= 0.3 is 16.5 Å². The molecule has 0 saturated carbocycles. The zero-order valence-corrected chi connectivity index (χ0v) is 7.34. The highest BCUT2D eigenvalue weighted by molar-refractivity contribution is 7.31. The fraction of sp³-hybridized carbons (Fsp3) is 0. The second kappa shape index (κ2) is 16.4. The molecular weight excluding hydrogens is 198 g/mol. The Morgan fingerprint density at radius 3 is 1.00 bits per heavy atom. The maximum absolute atomic E-state index is 8.74. The third-order valence-corrected chi connectivity index (χ3v) is 0. The molecule has 0 heterocycles. The van der Waals surface area contributed by atoms with Crippen molar-refractivity contribution in [3.63, 3.8) is 0 Å². The lowest BCUT2D eigenvalue weighted by molar-refractivity contribution is 0.403. The number of hydrogen-bond acceptors (Lipinski definition) is 3. The van der Waals surface area contributed by atoms with E-state index in [0.717, 1.165) is 6.26 Å². The van der Waals surface area contributed by atoms with Crippen LogP contribution in [-0.2, 0) is 9.13 Å². The van der Waals surface area contributed by atoms with E-state index in [0.29, 0.717) is 0 Å². The maximum atomic E-state index is 8.74. The predicted molar refractivity (Wildman–Crippen MR) is 39.7 cm³/mol. The molecule has 0 amide bonds. The minimum absolute atomic E-state index is 0.750. The summed E-state index contributed by atoms with van der Waals surface area (Å²) in [7, 11) is -6.26. The molecule has 0 bridgehead atoms. The molecule has 0 aliphatic heterocycles. The summed E-state index contributed by atoms with van der Waals surface area (Å²) in [5, 5.41) is 7.33. The van der Waals surface area contributed by atoms with Gasteiger partial charge in [0.15, 0.2) is 0 Å². The summed E-state index contributed by atoms with van der Waals surface area (Å²) < 4.78 is 17.5. The van der Waals surface area contributed by atoms with Crippen molar-refractivity contribution in [2.24, 2.45) is 0 Å². The Morgan fingerprint density at radius 2 is 1.00 bits per heavy atom. The number of aliphatic hydroxyl groups is 1. The van der Waals surface area contributed by atoms with E-state index in [1.165, 1.54) is 0 Å². The Labute approximate surface area is 64.2 Å². The smallest absolute Gasteiger partial charge is 0.314 e. The van der Waals surface area contributed by atoms with Crippen molar-refractivity contribution < 1.29 is 33.8 Å². The van der Waals surface area contributed by atoms with Crippen molar-refractivity contribution in [2.45, 2.75) is 0 Å². The van der Waals surface area contributed by atoms with Crippen molar-refractivity contribution in [2.75, 3.05) is 0 Å². The molecule has 9 heteroatoms. The van der Waals surface area contributed by atoms with E-state index in [9.17, 15) is 0 Å². The van der Waals surface area contributed by atoms with Gasteiger partial charge in [-0.25, -0.2) is 0 Å². The summed E-state index contributed by atoms with van der Waals surface area (Å²) >= 11 is 0. The van der Waals surface area contributed by atoms with Crippen LogP contribution in [0.5, 0.6) is 0 Å². The summed E-state index contributed by atoms with van der Waals surface area (Å²) in [5.41, 5.74) is 0. The van der Waals surface area contributed by atoms with Gasteiger partial charge in [-0.2, -0.15) is 0 Å². The van der Waals surface area contributed by atoms with Crippen LogP contribution in [0.25, 0.3) is 0 Å². The molecular formula is C2H10O7P2. The first-order chi connectivity index (χ1) is 4.88. The first-order valence-electron chi connectivity index (χ1n) is 1.97. The van der Waals surface area contributed by atoms with Crippen LogP contribution in [0.2, 0.25) is 0 Å². The highest BCUT2D eigenvalue weighted by atomic mass is 31.1. The summed E-state index contributed by atoms with van der Waals surface area (Å²) in [5.74, 6) is 0. The monoisotopic (exact) mass is 208 g/mol. The third-order valence-electron chi connectivity index (χ3n) is 0. The second-order valence-electron chi connectivity index (χ2n) is 0.748. The van der Waals surface area contributed by atoms with E-state index in [2.05, 4.69) is 6.58 Å². The minimum atomic E-state index is -3.13. The molecule has 0 aromatic heterocycles. The lowest BCUT2D eigenvalue weighted by atomic mass is 11.2. The lowest BCUT2D eigenvalue weighted by Crippen LogP contribution is -1.38. The molecule has 0 fully saturated rings. The van der Waals surface area contributed by atoms with Gasteiger partial charge in [0.1, 0.15) is 0 Å². The average molecular weight is 208 g/mol. The molecule has 0 aromatic rings. The molecule has 0 rings (SSSR count). The molecule has 0 radical (unpaired) electrons. The Kier molecular flexibility index (Phi) is 25.5. The van der Waals surface area contributed by atoms with Crippen molar-refractivity contribution >= 4 is 16.5 Å². The highest BCUT2D eigenvalue weighted by Gasteiger charge is 1.62. The normalized spacial score (nSPS) is 7.45. The van der Waals surface area contributed by atoms with E-state index in [1.54, 1.807) is 0 Å². The Hall–Kier alpha value is -0.160.